The average Bonchev–Trinajstić information content (AvgIpc) is 2.88. The molecule has 1 heteroatoms. The van der Waals surface area contributed by atoms with E-state index in [1.165, 1.54) is 103 Å². The Morgan fingerprint density at radius 1 is 0.686 bits per heavy atom. The van der Waals surface area contributed by atoms with Gasteiger partial charge >= 0.3 is 0 Å². The fourth-order valence-corrected chi connectivity index (χ4v) is 7.34. The topological polar surface area (TPSA) is 0 Å². The van der Waals surface area contributed by atoms with Crippen molar-refractivity contribution in [2.45, 2.75) is 142 Å². The molecule has 3 atom stereocenters. The third-order valence-corrected chi connectivity index (χ3v) is 9.58. The molecule has 3 unspecified atom stereocenters. The van der Waals surface area contributed by atoms with Crippen LogP contribution >= 0.6 is 9.24 Å². The lowest BCUT2D eigenvalue weighted by molar-refractivity contribution is 0.346. The van der Waals surface area contributed by atoms with Crippen LogP contribution in [0.1, 0.15) is 144 Å². The number of hydrogen-bond acceptors (Lipinski definition) is 0. The Kier molecular flexibility index (Phi) is 11.8. The van der Waals surface area contributed by atoms with Gasteiger partial charge in [-0.15, -0.1) is 9.24 Å². The Bertz CT molecular complexity index is 897. The molecule has 3 rings (SSSR count). The van der Waals surface area contributed by atoms with Crippen LogP contribution in [0.4, 0.5) is 0 Å². The van der Waals surface area contributed by atoms with Gasteiger partial charge in [0.2, 0.25) is 0 Å². The molecule has 2 aromatic carbocycles. The zero-order valence-electron chi connectivity index (χ0n) is 23.4. The SMILES string of the molecule is CCCCc1cccc(C2CCCCC2(P)c2cccc(CCCC)c2CCCC)c1CCCC. The molecule has 0 saturated heterocycles. The molecule has 35 heavy (non-hydrogen) atoms. The summed E-state index contributed by atoms with van der Waals surface area (Å²) in [6.07, 6.45) is 20.6. The van der Waals surface area contributed by atoms with Crippen LogP contribution in [-0.2, 0) is 30.8 Å². The molecule has 2 aromatic rings. The van der Waals surface area contributed by atoms with Crippen molar-refractivity contribution in [2.75, 3.05) is 0 Å². The van der Waals surface area contributed by atoms with Crippen LogP contribution in [0.25, 0.3) is 0 Å². The highest BCUT2D eigenvalue weighted by Gasteiger charge is 2.41. The van der Waals surface area contributed by atoms with Crippen molar-refractivity contribution >= 4 is 9.24 Å². The summed E-state index contributed by atoms with van der Waals surface area (Å²) in [6.45, 7) is 9.34. The fourth-order valence-electron chi connectivity index (χ4n) is 6.51. The largest absolute Gasteiger partial charge is 0.126 e. The van der Waals surface area contributed by atoms with Gasteiger partial charge in [0.1, 0.15) is 0 Å². The van der Waals surface area contributed by atoms with E-state index in [-0.39, 0.29) is 5.16 Å². The highest BCUT2D eigenvalue weighted by Crippen LogP contribution is 2.55. The summed E-state index contributed by atoms with van der Waals surface area (Å²) >= 11 is 0. The van der Waals surface area contributed by atoms with E-state index in [4.69, 9.17) is 0 Å². The first-order valence-electron chi connectivity index (χ1n) is 15.1. The van der Waals surface area contributed by atoms with Crippen LogP contribution in [0.5, 0.6) is 0 Å². The Morgan fingerprint density at radius 3 is 1.86 bits per heavy atom. The minimum absolute atomic E-state index is 0.161. The lowest BCUT2D eigenvalue weighted by atomic mass is 9.68. The Balaban J connectivity index is 2.11. The summed E-state index contributed by atoms with van der Waals surface area (Å²) in [5, 5.41) is 0.161. The van der Waals surface area contributed by atoms with Gasteiger partial charge in [-0.1, -0.05) is 103 Å². The number of aryl methyl sites for hydroxylation is 2. The van der Waals surface area contributed by atoms with Crippen molar-refractivity contribution in [2.24, 2.45) is 0 Å². The van der Waals surface area contributed by atoms with E-state index < -0.39 is 0 Å². The summed E-state index contributed by atoms with van der Waals surface area (Å²) in [4.78, 5) is 0. The van der Waals surface area contributed by atoms with Gasteiger partial charge < -0.3 is 0 Å². The monoisotopic (exact) mass is 492 g/mol. The van der Waals surface area contributed by atoms with Crippen LogP contribution < -0.4 is 0 Å². The normalized spacial score (nSPS) is 20.3. The molecule has 194 valence electrons. The maximum Gasteiger partial charge on any atom is 0.0169 e. The number of benzene rings is 2. The molecule has 0 amide bonds. The van der Waals surface area contributed by atoms with E-state index in [1.54, 1.807) is 33.4 Å². The minimum Gasteiger partial charge on any atom is -0.126 e. The summed E-state index contributed by atoms with van der Waals surface area (Å²) in [6, 6.07) is 14.7. The molecule has 0 aromatic heterocycles. The van der Waals surface area contributed by atoms with Crippen LogP contribution in [0, 0.1) is 0 Å². The van der Waals surface area contributed by atoms with Gasteiger partial charge in [-0.25, -0.2) is 0 Å². The summed E-state index contributed by atoms with van der Waals surface area (Å²) in [7, 11) is 3.48. The number of hydrogen-bond donors (Lipinski definition) is 0. The highest BCUT2D eigenvalue weighted by molar-refractivity contribution is 7.18. The quantitative estimate of drug-likeness (QED) is 0.230. The third kappa shape index (κ3) is 7.01. The van der Waals surface area contributed by atoms with E-state index in [0.29, 0.717) is 5.92 Å². The van der Waals surface area contributed by atoms with Gasteiger partial charge in [-0.3, -0.25) is 0 Å². The summed E-state index contributed by atoms with van der Waals surface area (Å²) in [5.41, 5.74) is 10.0. The van der Waals surface area contributed by atoms with Crippen molar-refractivity contribution < 1.29 is 0 Å². The van der Waals surface area contributed by atoms with Crippen molar-refractivity contribution in [3.8, 4) is 0 Å². The average molecular weight is 493 g/mol. The second-order valence-electron chi connectivity index (χ2n) is 11.2. The second-order valence-corrected chi connectivity index (χ2v) is 12.2. The molecule has 1 aliphatic carbocycles. The molecular weight excluding hydrogens is 439 g/mol. The van der Waals surface area contributed by atoms with Crippen molar-refractivity contribution in [1.82, 2.24) is 0 Å². The van der Waals surface area contributed by atoms with Gasteiger partial charge in [0.25, 0.3) is 0 Å². The van der Waals surface area contributed by atoms with Gasteiger partial charge in [-0.2, -0.15) is 0 Å². The fraction of sp³-hybridized carbons (Fsp3) is 0.647. The lowest BCUT2D eigenvalue weighted by Crippen LogP contribution is -2.33. The summed E-state index contributed by atoms with van der Waals surface area (Å²) in [5.74, 6) is 0.608. The molecule has 1 saturated carbocycles. The van der Waals surface area contributed by atoms with Crippen molar-refractivity contribution in [3.63, 3.8) is 0 Å². The molecule has 1 fully saturated rings. The second kappa shape index (κ2) is 14.6. The molecule has 0 radical (unpaired) electrons. The van der Waals surface area contributed by atoms with Gasteiger partial charge in [0.05, 0.1) is 0 Å². The molecule has 0 bridgehead atoms. The van der Waals surface area contributed by atoms with Gasteiger partial charge in [-0.05, 0) is 104 Å². The molecule has 0 nitrogen and oxygen atoms in total. The molecule has 0 spiro atoms. The Morgan fingerprint density at radius 2 is 1.23 bits per heavy atom. The zero-order chi connectivity index (χ0) is 25.1. The van der Waals surface area contributed by atoms with Crippen LogP contribution in [-0.4, -0.2) is 0 Å². The first-order chi connectivity index (χ1) is 17.1. The Labute approximate surface area is 220 Å². The minimum atomic E-state index is 0.161. The van der Waals surface area contributed by atoms with Gasteiger partial charge in [0.15, 0.2) is 0 Å². The van der Waals surface area contributed by atoms with Crippen molar-refractivity contribution in [3.05, 3.63) is 69.8 Å². The molecule has 1 aliphatic rings. The maximum atomic E-state index is 3.48. The van der Waals surface area contributed by atoms with E-state index in [9.17, 15) is 0 Å². The first kappa shape index (κ1) is 28.4. The predicted octanol–water partition coefficient (Wildman–Crippen LogP) is 10.5. The van der Waals surface area contributed by atoms with E-state index in [1.807, 2.05) is 0 Å². The molecule has 0 heterocycles. The standard InChI is InChI=1S/C34H53P/c1-5-9-17-27-19-15-23-31(29(27)21-11-7-3)33-24-13-14-26-34(33,35)32-25-16-20-28(18-10-6-2)30(32)22-12-8-4/h15-16,19-20,23,25,33H,5-14,17-18,21-22,24,26,35H2,1-4H3. The summed E-state index contributed by atoms with van der Waals surface area (Å²) < 4.78 is 0. The van der Waals surface area contributed by atoms with Crippen LogP contribution in [0.2, 0.25) is 0 Å². The Hall–Kier alpha value is -1.13. The van der Waals surface area contributed by atoms with Crippen LogP contribution in [0.15, 0.2) is 36.4 Å². The van der Waals surface area contributed by atoms with E-state index in [2.05, 4.69) is 73.3 Å². The van der Waals surface area contributed by atoms with Crippen LogP contribution in [0.3, 0.4) is 0 Å². The van der Waals surface area contributed by atoms with Gasteiger partial charge in [0, 0.05) is 5.16 Å². The van der Waals surface area contributed by atoms with E-state index >= 15 is 0 Å². The number of rotatable bonds is 14. The van der Waals surface area contributed by atoms with Crippen molar-refractivity contribution in [1.29, 1.82) is 0 Å². The maximum absolute atomic E-state index is 3.48. The third-order valence-electron chi connectivity index (χ3n) is 8.57. The number of unbranched alkanes of at least 4 members (excludes halogenated alkanes) is 4. The molecule has 0 aliphatic heterocycles. The smallest absolute Gasteiger partial charge is 0.0169 e. The first-order valence-corrected chi connectivity index (χ1v) is 15.7. The predicted molar refractivity (Wildman–Crippen MR) is 160 cm³/mol. The lowest BCUT2D eigenvalue weighted by Gasteiger charge is -2.44. The molecular formula is C34H53P. The zero-order valence-corrected chi connectivity index (χ0v) is 24.6. The molecule has 0 N–H and O–H groups in total. The highest BCUT2D eigenvalue weighted by atomic mass is 31.0. The van der Waals surface area contributed by atoms with E-state index in [0.717, 1.165) is 0 Å².